The van der Waals surface area contributed by atoms with Crippen LogP contribution >= 0.6 is 0 Å². The van der Waals surface area contributed by atoms with Gasteiger partial charge in [-0.15, -0.1) is 5.10 Å². The average Bonchev–Trinajstić information content (AvgIpc) is 3.16. The van der Waals surface area contributed by atoms with Crippen molar-refractivity contribution >= 4 is 5.91 Å². The van der Waals surface area contributed by atoms with Crippen molar-refractivity contribution in [3.05, 3.63) is 41.5 Å². The van der Waals surface area contributed by atoms with Gasteiger partial charge in [0.2, 0.25) is 0 Å². The molecule has 0 radical (unpaired) electrons. The molecular weight excluding hydrogens is 273 g/mol. The molecule has 0 saturated heterocycles. The van der Waals surface area contributed by atoms with Gasteiger partial charge < -0.3 is 5.32 Å². The number of nitrogens with one attached hydrogen (secondary N) is 1. The van der Waals surface area contributed by atoms with E-state index >= 15 is 0 Å². The third-order valence-corrected chi connectivity index (χ3v) is 3.76. The lowest BCUT2D eigenvalue weighted by Gasteiger charge is -2.11. The van der Waals surface area contributed by atoms with Gasteiger partial charge in [0.25, 0.3) is 5.91 Å². The zero-order valence-electron chi connectivity index (χ0n) is 11.5. The number of amides is 1. The fourth-order valence-electron chi connectivity index (χ4n) is 2.66. The van der Waals surface area contributed by atoms with E-state index in [4.69, 9.17) is 0 Å². The zero-order valence-corrected chi connectivity index (χ0v) is 11.5. The molecule has 21 heavy (non-hydrogen) atoms. The summed E-state index contributed by atoms with van der Waals surface area (Å²) in [5.74, 6) is -0.397. The number of tetrazole rings is 1. The van der Waals surface area contributed by atoms with Crippen molar-refractivity contribution < 1.29 is 9.18 Å². The molecule has 1 aromatic heterocycles. The zero-order chi connectivity index (χ0) is 14.7. The number of benzene rings is 1. The highest BCUT2D eigenvalue weighted by molar-refractivity contribution is 5.94. The second-order valence-corrected chi connectivity index (χ2v) is 5.14. The topological polar surface area (TPSA) is 72.7 Å². The van der Waals surface area contributed by atoms with Gasteiger partial charge in [-0.3, -0.25) is 4.79 Å². The first-order chi connectivity index (χ1) is 10.3. The van der Waals surface area contributed by atoms with Crippen molar-refractivity contribution in [3.8, 4) is 0 Å². The number of carbonyl (C=O) groups excluding carboxylic acids is 1. The molecule has 1 aliphatic carbocycles. The fourth-order valence-corrected chi connectivity index (χ4v) is 2.66. The maximum Gasteiger partial charge on any atom is 0.254 e. The van der Waals surface area contributed by atoms with Gasteiger partial charge in [-0.25, -0.2) is 9.07 Å². The Kier molecular flexibility index (Phi) is 3.89. The summed E-state index contributed by atoms with van der Waals surface area (Å²) >= 11 is 0. The molecule has 0 unspecified atom stereocenters. The summed E-state index contributed by atoms with van der Waals surface area (Å²) in [6, 6.07) is 6.19. The van der Waals surface area contributed by atoms with E-state index in [0.29, 0.717) is 11.9 Å². The predicted molar refractivity (Wildman–Crippen MR) is 72.9 cm³/mol. The molecule has 0 bridgehead atoms. The van der Waals surface area contributed by atoms with E-state index in [9.17, 15) is 9.18 Å². The molecule has 1 aliphatic rings. The minimum Gasteiger partial charge on any atom is -0.345 e. The highest BCUT2D eigenvalue weighted by Gasteiger charge is 2.21. The quantitative estimate of drug-likeness (QED) is 0.932. The molecule has 0 aliphatic heterocycles. The molecule has 1 aromatic carbocycles. The Labute approximate surface area is 121 Å². The van der Waals surface area contributed by atoms with Crippen LogP contribution in [-0.4, -0.2) is 26.1 Å². The lowest BCUT2D eigenvalue weighted by molar-refractivity contribution is 0.0945. The molecule has 2 aromatic rings. The Hall–Kier alpha value is -2.31. The van der Waals surface area contributed by atoms with Crippen LogP contribution in [0.15, 0.2) is 24.3 Å². The number of aromatic nitrogens is 4. The average molecular weight is 289 g/mol. The van der Waals surface area contributed by atoms with E-state index in [-0.39, 0.29) is 12.1 Å². The first-order valence-electron chi connectivity index (χ1n) is 7.05. The fraction of sp³-hybridized carbons (Fsp3) is 0.429. The van der Waals surface area contributed by atoms with E-state index < -0.39 is 11.7 Å². The van der Waals surface area contributed by atoms with E-state index in [1.165, 1.54) is 25.0 Å². The van der Waals surface area contributed by atoms with E-state index in [2.05, 4.69) is 20.8 Å². The van der Waals surface area contributed by atoms with Crippen molar-refractivity contribution in [1.29, 1.82) is 0 Å². The van der Waals surface area contributed by atoms with Gasteiger partial charge >= 0.3 is 0 Å². The number of halogens is 1. The van der Waals surface area contributed by atoms with Crippen molar-refractivity contribution in [2.45, 2.75) is 38.3 Å². The molecular formula is C14H16FN5O. The molecule has 7 heteroatoms. The summed E-state index contributed by atoms with van der Waals surface area (Å²) in [6.45, 7) is 0.191. The van der Waals surface area contributed by atoms with Crippen LogP contribution in [0, 0.1) is 5.82 Å². The summed E-state index contributed by atoms with van der Waals surface area (Å²) in [4.78, 5) is 12.0. The highest BCUT2D eigenvalue weighted by atomic mass is 19.1. The SMILES string of the molecule is O=C(NCc1nnnn1C1CCCC1)c1ccccc1F. The minimum absolute atomic E-state index is 0.0254. The number of hydrogen-bond acceptors (Lipinski definition) is 4. The van der Waals surface area contributed by atoms with Gasteiger partial charge in [0.05, 0.1) is 18.2 Å². The van der Waals surface area contributed by atoms with Crippen LogP contribution in [0.2, 0.25) is 0 Å². The van der Waals surface area contributed by atoms with Crippen LogP contribution < -0.4 is 5.32 Å². The van der Waals surface area contributed by atoms with E-state index in [1.54, 1.807) is 16.8 Å². The van der Waals surface area contributed by atoms with Crippen LogP contribution in [0.1, 0.15) is 47.9 Å². The summed E-state index contributed by atoms with van der Waals surface area (Å²) in [6.07, 6.45) is 4.45. The van der Waals surface area contributed by atoms with Gasteiger partial charge in [-0.05, 0) is 35.4 Å². The molecule has 1 saturated carbocycles. The first kappa shape index (κ1) is 13.7. The van der Waals surface area contributed by atoms with Crippen LogP contribution in [0.25, 0.3) is 0 Å². The third-order valence-electron chi connectivity index (χ3n) is 3.76. The van der Waals surface area contributed by atoms with Crippen molar-refractivity contribution in [2.24, 2.45) is 0 Å². The van der Waals surface area contributed by atoms with Crippen LogP contribution in [-0.2, 0) is 6.54 Å². The molecule has 1 heterocycles. The van der Waals surface area contributed by atoms with Crippen molar-refractivity contribution in [3.63, 3.8) is 0 Å². The number of carbonyl (C=O) groups is 1. The molecule has 0 spiro atoms. The van der Waals surface area contributed by atoms with E-state index in [1.807, 2.05) is 0 Å². The smallest absolute Gasteiger partial charge is 0.254 e. The summed E-state index contributed by atoms with van der Waals surface area (Å²) in [5, 5.41) is 14.3. The standard InChI is InChI=1S/C14H16FN5O/c15-12-8-4-3-7-11(12)14(21)16-9-13-17-18-19-20(13)10-5-1-2-6-10/h3-4,7-8,10H,1-2,5-6,9H2,(H,16,21). The summed E-state index contributed by atoms with van der Waals surface area (Å²) < 4.78 is 15.3. The Balaban J connectivity index is 1.67. The minimum atomic E-state index is -0.537. The van der Waals surface area contributed by atoms with Crippen LogP contribution in [0.5, 0.6) is 0 Å². The second kappa shape index (κ2) is 5.99. The maximum absolute atomic E-state index is 13.5. The molecule has 6 nitrogen and oxygen atoms in total. The van der Waals surface area contributed by atoms with Gasteiger partial charge in [-0.2, -0.15) is 0 Å². The van der Waals surface area contributed by atoms with E-state index in [0.717, 1.165) is 12.8 Å². The largest absolute Gasteiger partial charge is 0.345 e. The van der Waals surface area contributed by atoms with Gasteiger partial charge in [-0.1, -0.05) is 25.0 Å². The second-order valence-electron chi connectivity index (χ2n) is 5.14. The van der Waals surface area contributed by atoms with Gasteiger partial charge in [0, 0.05) is 0 Å². The monoisotopic (exact) mass is 289 g/mol. The molecule has 3 rings (SSSR count). The number of nitrogens with zero attached hydrogens (tertiary/aromatic N) is 4. The van der Waals surface area contributed by atoms with Crippen molar-refractivity contribution in [1.82, 2.24) is 25.5 Å². The lowest BCUT2D eigenvalue weighted by atomic mass is 10.2. The normalized spacial score (nSPS) is 15.3. The number of hydrogen-bond donors (Lipinski definition) is 1. The molecule has 1 amide bonds. The van der Waals surface area contributed by atoms with Crippen LogP contribution in [0.4, 0.5) is 4.39 Å². The first-order valence-corrected chi connectivity index (χ1v) is 7.05. The Morgan fingerprint density at radius 2 is 2.10 bits per heavy atom. The molecule has 110 valence electrons. The Bertz CT molecular complexity index is 636. The molecule has 0 atom stereocenters. The molecule has 1 fully saturated rings. The maximum atomic E-state index is 13.5. The molecule has 1 N–H and O–H groups in total. The Morgan fingerprint density at radius 1 is 1.33 bits per heavy atom. The Morgan fingerprint density at radius 3 is 2.86 bits per heavy atom. The van der Waals surface area contributed by atoms with Gasteiger partial charge in [0.1, 0.15) is 5.82 Å². The van der Waals surface area contributed by atoms with Gasteiger partial charge in [0.15, 0.2) is 5.82 Å². The summed E-state index contributed by atoms with van der Waals surface area (Å²) in [5.41, 5.74) is 0.0254. The van der Waals surface area contributed by atoms with Crippen LogP contribution in [0.3, 0.4) is 0 Å². The summed E-state index contributed by atoms with van der Waals surface area (Å²) in [7, 11) is 0. The van der Waals surface area contributed by atoms with Crippen molar-refractivity contribution in [2.75, 3.05) is 0 Å². The highest BCUT2D eigenvalue weighted by Crippen LogP contribution is 2.28. The lowest BCUT2D eigenvalue weighted by Crippen LogP contribution is -2.26. The third kappa shape index (κ3) is 2.91. The number of rotatable bonds is 4. The predicted octanol–water partition coefficient (Wildman–Crippen LogP) is 1.86.